The van der Waals surface area contributed by atoms with Crippen LogP contribution in [-0.2, 0) is 15.0 Å². The van der Waals surface area contributed by atoms with E-state index in [9.17, 15) is 9.59 Å². The predicted octanol–water partition coefficient (Wildman–Crippen LogP) is 5.15. The monoisotopic (exact) mass is 430 g/mol. The third kappa shape index (κ3) is 2.91. The van der Waals surface area contributed by atoms with Gasteiger partial charge >= 0.3 is 0 Å². The largest absolute Gasteiger partial charge is 0.399 e. The molecule has 6 heteroatoms. The Labute approximate surface area is 189 Å². The molecule has 0 saturated heterocycles. The number of rotatable bonds is 4. The van der Waals surface area contributed by atoms with Crippen LogP contribution in [0.3, 0.4) is 0 Å². The fourth-order valence-corrected chi connectivity index (χ4v) is 4.89. The highest BCUT2D eigenvalue weighted by Gasteiger charge is 2.48. The number of aliphatic imine (C=N–C) groups is 2. The maximum absolute atomic E-state index is 11.5. The fraction of sp³-hybridized carbons (Fsp3) is 0.0370. The fourth-order valence-electron chi connectivity index (χ4n) is 4.89. The quantitative estimate of drug-likeness (QED) is 0.233. The Bertz CT molecular complexity index is 1430. The summed E-state index contributed by atoms with van der Waals surface area (Å²) in [6.45, 7) is 0. The molecule has 5 rings (SSSR count). The second-order valence-corrected chi connectivity index (χ2v) is 7.80. The zero-order valence-electron chi connectivity index (χ0n) is 17.4. The van der Waals surface area contributed by atoms with Crippen molar-refractivity contribution in [2.75, 3.05) is 11.5 Å². The van der Waals surface area contributed by atoms with Gasteiger partial charge in [-0.05, 0) is 58.1 Å². The van der Waals surface area contributed by atoms with E-state index in [-0.39, 0.29) is 11.4 Å². The Hall–Kier alpha value is -4.76. The highest BCUT2D eigenvalue weighted by atomic mass is 16.1. The van der Waals surface area contributed by atoms with Crippen molar-refractivity contribution >= 4 is 34.9 Å². The van der Waals surface area contributed by atoms with Crippen molar-refractivity contribution in [3.05, 3.63) is 107 Å². The molecule has 4 aromatic rings. The van der Waals surface area contributed by atoms with E-state index in [0.717, 1.165) is 33.4 Å². The van der Waals surface area contributed by atoms with Crippen LogP contribution >= 0.6 is 0 Å². The van der Waals surface area contributed by atoms with Gasteiger partial charge in [-0.25, -0.2) is 9.59 Å². The van der Waals surface area contributed by atoms with Gasteiger partial charge in [0.25, 0.3) is 0 Å². The summed E-state index contributed by atoms with van der Waals surface area (Å²) in [7, 11) is 0. The van der Waals surface area contributed by atoms with Crippen LogP contribution in [0, 0.1) is 0 Å². The second kappa shape index (κ2) is 7.74. The third-order valence-electron chi connectivity index (χ3n) is 6.16. The van der Waals surface area contributed by atoms with Gasteiger partial charge in [-0.2, -0.15) is 9.98 Å². The zero-order valence-corrected chi connectivity index (χ0v) is 17.4. The van der Waals surface area contributed by atoms with Crippen LogP contribution in [-0.4, -0.2) is 12.2 Å². The van der Waals surface area contributed by atoms with Crippen LogP contribution in [0.2, 0.25) is 0 Å². The molecule has 1 aliphatic rings. The van der Waals surface area contributed by atoms with Gasteiger partial charge in [-0.15, -0.1) is 0 Å². The van der Waals surface area contributed by atoms with Gasteiger partial charge in [0.15, 0.2) is 0 Å². The normalized spacial score (nSPS) is 12.7. The van der Waals surface area contributed by atoms with E-state index in [1.165, 1.54) is 0 Å². The molecule has 0 bridgehead atoms. The van der Waals surface area contributed by atoms with Crippen LogP contribution in [0.1, 0.15) is 22.3 Å². The minimum Gasteiger partial charge on any atom is -0.399 e. The standard InChI is InChI=1S/C27H18N4O2/c28-19-9-5-17(6-10-19)27(18-7-11-20(29)12-8-18)23-4-2-1-3-21(23)22-13-14-24(30-15-32)26(25(22)27)31-16-33/h1-14H,28-29H2. The molecule has 1 aliphatic carbocycles. The number of benzene rings is 4. The number of carbonyl (C=O) groups excluding carboxylic acids is 2. The highest BCUT2D eigenvalue weighted by molar-refractivity contribution is 5.94. The first kappa shape index (κ1) is 20.2. The van der Waals surface area contributed by atoms with Crippen molar-refractivity contribution in [2.24, 2.45) is 9.98 Å². The molecule has 6 nitrogen and oxygen atoms in total. The first-order valence-electron chi connectivity index (χ1n) is 10.3. The lowest BCUT2D eigenvalue weighted by Crippen LogP contribution is -2.28. The Morgan fingerprint density at radius 2 is 1.21 bits per heavy atom. The summed E-state index contributed by atoms with van der Waals surface area (Å²) >= 11 is 0. The van der Waals surface area contributed by atoms with Crippen molar-refractivity contribution in [3.8, 4) is 11.1 Å². The molecule has 0 amide bonds. The second-order valence-electron chi connectivity index (χ2n) is 7.80. The maximum Gasteiger partial charge on any atom is 0.240 e. The molecule has 0 saturated carbocycles. The van der Waals surface area contributed by atoms with Gasteiger partial charge < -0.3 is 11.5 Å². The Morgan fingerprint density at radius 3 is 1.79 bits per heavy atom. The van der Waals surface area contributed by atoms with E-state index in [1.54, 1.807) is 18.2 Å². The molecule has 0 aromatic heterocycles. The molecule has 4 aromatic carbocycles. The first-order chi connectivity index (χ1) is 16.1. The third-order valence-corrected chi connectivity index (χ3v) is 6.16. The summed E-state index contributed by atoms with van der Waals surface area (Å²) in [5, 5.41) is 0. The number of nitrogens with zero attached hydrogens (tertiary/aromatic N) is 2. The Kier molecular flexibility index (Phi) is 4.73. The molecule has 158 valence electrons. The Morgan fingerprint density at radius 1 is 0.636 bits per heavy atom. The number of isocyanates is 2. The van der Waals surface area contributed by atoms with E-state index in [1.807, 2.05) is 72.8 Å². The Balaban J connectivity index is 2.04. The van der Waals surface area contributed by atoms with Crippen LogP contribution in [0.15, 0.2) is 94.9 Å². The number of fused-ring (bicyclic) bond motifs is 3. The van der Waals surface area contributed by atoms with E-state index in [4.69, 9.17) is 11.5 Å². The zero-order chi connectivity index (χ0) is 23.0. The summed E-state index contributed by atoms with van der Waals surface area (Å²) in [4.78, 5) is 30.5. The van der Waals surface area contributed by atoms with Gasteiger partial charge in [0, 0.05) is 16.9 Å². The van der Waals surface area contributed by atoms with Crippen molar-refractivity contribution in [3.63, 3.8) is 0 Å². The first-order valence-corrected chi connectivity index (χ1v) is 10.3. The van der Waals surface area contributed by atoms with E-state index in [0.29, 0.717) is 11.4 Å². The van der Waals surface area contributed by atoms with E-state index < -0.39 is 5.41 Å². The van der Waals surface area contributed by atoms with Crippen LogP contribution in [0.4, 0.5) is 22.7 Å². The number of anilines is 2. The lowest BCUT2D eigenvalue weighted by Gasteiger charge is -2.34. The molecule has 4 N–H and O–H groups in total. The van der Waals surface area contributed by atoms with Gasteiger partial charge in [-0.3, -0.25) is 0 Å². The summed E-state index contributed by atoms with van der Waals surface area (Å²) < 4.78 is 0. The average molecular weight is 430 g/mol. The van der Waals surface area contributed by atoms with Crippen LogP contribution < -0.4 is 11.5 Å². The SMILES string of the molecule is Nc1ccc(C2(c3ccc(N)cc3)c3ccccc3-c3ccc(N=C=O)c(N=C=O)c32)cc1. The summed E-state index contributed by atoms with van der Waals surface area (Å²) in [6.07, 6.45) is 3.21. The van der Waals surface area contributed by atoms with Crippen LogP contribution in [0.25, 0.3) is 11.1 Å². The number of nitrogens with two attached hydrogens (primary N) is 2. The number of nitrogen functional groups attached to an aromatic ring is 2. The summed E-state index contributed by atoms with van der Waals surface area (Å²) in [5.74, 6) is 0. The molecule has 0 unspecified atom stereocenters. The maximum atomic E-state index is 11.5. The van der Waals surface area contributed by atoms with Gasteiger partial charge in [0.2, 0.25) is 12.2 Å². The summed E-state index contributed by atoms with van der Waals surface area (Å²) in [5.41, 5.74) is 18.4. The van der Waals surface area contributed by atoms with Crippen molar-refractivity contribution in [1.82, 2.24) is 0 Å². The van der Waals surface area contributed by atoms with Gasteiger partial charge in [0.05, 0.1) is 5.41 Å². The lowest BCUT2D eigenvalue weighted by molar-refractivity contribution is 0.564. The topological polar surface area (TPSA) is 111 Å². The molecule has 0 spiro atoms. The van der Waals surface area contributed by atoms with E-state index in [2.05, 4.69) is 16.1 Å². The molecule has 33 heavy (non-hydrogen) atoms. The summed E-state index contributed by atoms with van der Waals surface area (Å²) in [6, 6.07) is 26.8. The molecular weight excluding hydrogens is 412 g/mol. The molecule has 0 aliphatic heterocycles. The minimum atomic E-state index is -0.864. The van der Waals surface area contributed by atoms with Crippen molar-refractivity contribution in [2.45, 2.75) is 5.41 Å². The number of hydrogen-bond acceptors (Lipinski definition) is 6. The predicted molar refractivity (Wildman–Crippen MR) is 128 cm³/mol. The van der Waals surface area contributed by atoms with Crippen molar-refractivity contribution < 1.29 is 9.59 Å². The molecule has 0 fully saturated rings. The number of hydrogen-bond donors (Lipinski definition) is 2. The molecule has 0 heterocycles. The van der Waals surface area contributed by atoms with Crippen LogP contribution in [0.5, 0.6) is 0 Å². The lowest BCUT2D eigenvalue weighted by atomic mass is 9.67. The van der Waals surface area contributed by atoms with Gasteiger partial charge in [-0.1, -0.05) is 54.6 Å². The highest BCUT2D eigenvalue weighted by Crippen LogP contribution is 2.60. The molecule has 0 atom stereocenters. The average Bonchev–Trinajstić information content (AvgIpc) is 3.13. The molecular formula is C27H18N4O2. The van der Waals surface area contributed by atoms with Gasteiger partial charge in [0.1, 0.15) is 11.4 Å². The molecule has 0 radical (unpaired) electrons. The smallest absolute Gasteiger partial charge is 0.240 e. The van der Waals surface area contributed by atoms with E-state index >= 15 is 0 Å². The minimum absolute atomic E-state index is 0.246. The van der Waals surface area contributed by atoms with Crippen molar-refractivity contribution in [1.29, 1.82) is 0 Å².